The molecular weight excluding hydrogens is 154 g/mol. The molecule has 1 atom stereocenters. The lowest BCUT2D eigenvalue weighted by molar-refractivity contribution is -0.0730. The maximum atomic E-state index is 12.6. The van der Waals surface area contributed by atoms with Gasteiger partial charge in [-0.2, -0.15) is 0 Å². The Morgan fingerprint density at radius 3 is 2.64 bits per heavy atom. The minimum atomic E-state index is -2.95. The van der Waals surface area contributed by atoms with Gasteiger partial charge in [-0.05, 0) is 0 Å². The van der Waals surface area contributed by atoms with E-state index in [0.717, 1.165) is 0 Å². The summed E-state index contributed by atoms with van der Waals surface area (Å²) in [6, 6.07) is 0. The molecule has 0 radical (unpaired) electrons. The lowest BCUT2D eigenvalue weighted by Gasteiger charge is -2.12. The Kier molecular flexibility index (Phi) is 2.41. The monoisotopic (exact) mass is 166 g/mol. The predicted molar refractivity (Wildman–Crippen MR) is 36.4 cm³/mol. The number of rotatable bonds is 2. The predicted octanol–water partition coefficient (Wildman–Crippen LogP) is -0.743. The van der Waals surface area contributed by atoms with Gasteiger partial charge in [0.2, 0.25) is 0 Å². The van der Waals surface area contributed by atoms with E-state index in [1.807, 2.05) is 0 Å². The fourth-order valence-corrected chi connectivity index (χ4v) is 1.20. The summed E-state index contributed by atoms with van der Waals surface area (Å²) in [5, 5.41) is 8.82. The molecule has 3 nitrogen and oxygen atoms in total. The summed E-state index contributed by atoms with van der Waals surface area (Å²) in [6.07, 6.45) is -1.52. The van der Waals surface area contributed by atoms with Crippen LogP contribution in [0.25, 0.3) is 0 Å². The topological polar surface area (TPSA) is 49.5 Å². The summed E-state index contributed by atoms with van der Waals surface area (Å²) in [7, 11) is 0. The van der Waals surface area contributed by atoms with E-state index in [4.69, 9.17) is 10.8 Å². The normalized spacial score (nSPS) is 31.1. The molecule has 1 aliphatic heterocycles. The van der Waals surface area contributed by atoms with Crippen LogP contribution in [-0.2, 0) is 0 Å². The molecule has 0 bridgehead atoms. The zero-order valence-corrected chi connectivity index (χ0v) is 6.13. The number of aliphatic hydroxyl groups excluding tert-OH is 1. The largest absolute Gasteiger partial charge is 0.385 e. The summed E-state index contributed by atoms with van der Waals surface area (Å²) >= 11 is 0. The Balaban J connectivity index is 2.43. The number of aliphatic hydroxyl groups is 1. The third kappa shape index (κ3) is 1.85. The molecule has 1 heterocycles. The van der Waals surface area contributed by atoms with E-state index < -0.39 is 12.0 Å². The molecule has 66 valence electrons. The number of nitrogens with zero attached hydrogens (tertiary/aromatic N) is 1. The highest BCUT2D eigenvalue weighted by Gasteiger charge is 2.46. The number of hydrogen-bond acceptors (Lipinski definition) is 3. The number of halogens is 2. The molecule has 0 aliphatic carbocycles. The van der Waals surface area contributed by atoms with Crippen LogP contribution in [0.15, 0.2) is 0 Å². The first kappa shape index (κ1) is 8.83. The maximum absolute atomic E-state index is 12.6. The van der Waals surface area contributed by atoms with Crippen LogP contribution >= 0.6 is 0 Å². The highest BCUT2D eigenvalue weighted by molar-refractivity contribution is 4.90. The van der Waals surface area contributed by atoms with Crippen molar-refractivity contribution in [1.29, 1.82) is 0 Å². The van der Waals surface area contributed by atoms with Gasteiger partial charge in [0.05, 0.1) is 6.54 Å². The van der Waals surface area contributed by atoms with Gasteiger partial charge in [-0.25, -0.2) is 8.78 Å². The molecule has 1 saturated heterocycles. The van der Waals surface area contributed by atoms with E-state index in [1.165, 1.54) is 4.90 Å². The molecule has 1 fully saturated rings. The van der Waals surface area contributed by atoms with Gasteiger partial charge in [0, 0.05) is 19.6 Å². The number of alkyl halides is 2. The van der Waals surface area contributed by atoms with Crippen LogP contribution in [0.1, 0.15) is 0 Å². The second-order valence-electron chi connectivity index (χ2n) is 2.80. The quantitative estimate of drug-likeness (QED) is 0.568. The van der Waals surface area contributed by atoms with Crippen molar-refractivity contribution in [2.75, 3.05) is 26.2 Å². The van der Waals surface area contributed by atoms with E-state index >= 15 is 0 Å². The van der Waals surface area contributed by atoms with E-state index in [1.54, 1.807) is 0 Å². The van der Waals surface area contributed by atoms with Crippen LogP contribution in [0.4, 0.5) is 8.78 Å². The second kappa shape index (κ2) is 3.00. The first-order chi connectivity index (χ1) is 5.06. The van der Waals surface area contributed by atoms with Crippen molar-refractivity contribution in [3.8, 4) is 0 Å². The van der Waals surface area contributed by atoms with Gasteiger partial charge < -0.3 is 10.8 Å². The average molecular weight is 166 g/mol. The Hall–Kier alpha value is -0.260. The van der Waals surface area contributed by atoms with Gasteiger partial charge in [-0.3, -0.25) is 4.90 Å². The Morgan fingerprint density at radius 1 is 1.64 bits per heavy atom. The van der Waals surface area contributed by atoms with Crippen molar-refractivity contribution >= 4 is 0 Å². The van der Waals surface area contributed by atoms with Gasteiger partial charge in [0.25, 0.3) is 5.92 Å². The van der Waals surface area contributed by atoms with Crippen LogP contribution in [0.3, 0.4) is 0 Å². The van der Waals surface area contributed by atoms with Crippen LogP contribution < -0.4 is 5.73 Å². The lowest BCUT2D eigenvalue weighted by atomic mass is 10.2. The maximum Gasteiger partial charge on any atom is 0.287 e. The zero-order valence-electron chi connectivity index (χ0n) is 6.13. The van der Waals surface area contributed by atoms with Crippen LogP contribution in [0.2, 0.25) is 0 Å². The van der Waals surface area contributed by atoms with Crippen LogP contribution in [0.5, 0.6) is 0 Å². The zero-order chi connectivity index (χ0) is 8.48. The smallest absolute Gasteiger partial charge is 0.287 e. The summed E-state index contributed by atoms with van der Waals surface area (Å²) in [4.78, 5) is 1.46. The first-order valence-corrected chi connectivity index (χ1v) is 3.54. The van der Waals surface area contributed by atoms with Crippen molar-refractivity contribution in [3.05, 3.63) is 0 Å². The molecule has 0 spiro atoms. The van der Waals surface area contributed by atoms with Gasteiger partial charge in [0.1, 0.15) is 6.10 Å². The Morgan fingerprint density at radius 2 is 2.27 bits per heavy atom. The minimum absolute atomic E-state index is 0.0319. The molecular formula is C6H12F2N2O. The second-order valence-corrected chi connectivity index (χ2v) is 2.80. The minimum Gasteiger partial charge on any atom is -0.385 e. The molecule has 0 aromatic rings. The van der Waals surface area contributed by atoms with Crippen LogP contribution in [-0.4, -0.2) is 48.2 Å². The highest BCUT2D eigenvalue weighted by atomic mass is 19.3. The summed E-state index contributed by atoms with van der Waals surface area (Å²) in [6.45, 7) is 0.436. The third-order valence-corrected chi connectivity index (χ3v) is 1.80. The van der Waals surface area contributed by atoms with E-state index in [2.05, 4.69) is 0 Å². The summed E-state index contributed by atoms with van der Waals surface area (Å²) in [5.41, 5.74) is 5.17. The fraction of sp³-hybridized carbons (Fsp3) is 1.00. The lowest BCUT2D eigenvalue weighted by Crippen LogP contribution is -2.31. The molecule has 5 heteroatoms. The SMILES string of the molecule is NCCN1CC(O)C(F)(F)C1. The van der Waals surface area contributed by atoms with E-state index in [9.17, 15) is 8.78 Å². The summed E-state index contributed by atoms with van der Waals surface area (Å²) in [5.74, 6) is -2.95. The Bertz CT molecular complexity index is 143. The number of β-amino-alcohol motifs (C(OH)–C–C–N with tert-alkyl or cyclic N) is 1. The molecule has 0 aromatic carbocycles. The van der Waals surface area contributed by atoms with Crippen molar-refractivity contribution in [3.63, 3.8) is 0 Å². The van der Waals surface area contributed by atoms with Crippen molar-refractivity contribution < 1.29 is 13.9 Å². The number of hydrogen-bond donors (Lipinski definition) is 2. The first-order valence-electron chi connectivity index (χ1n) is 3.54. The third-order valence-electron chi connectivity index (χ3n) is 1.80. The standard InChI is InChI=1S/C6H12F2N2O/c7-6(8)4-10(2-1-9)3-5(6)11/h5,11H,1-4,9H2. The number of likely N-dealkylation sites (tertiary alicyclic amines) is 1. The molecule has 1 rings (SSSR count). The molecule has 11 heavy (non-hydrogen) atoms. The van der Waals surface area contributed by atoms with Gasteiger partial charge >= 0.3 is 0 Å². The van der Waals surface area contributed by atoms with Crippen molar-refractivity contribution in [2.24, 2.45) is 5.73 Å². The van der Waals surface area contributed by atoms with E-state index in [0.29, 0.717) is 13.1 Å². The average Bonchev–Trinajstić information content (AvgIpc) is 2.08. The van der Waals surface area contributed by atoms with Gasteiger partial charge in [0.15, 0.2) is 0 Å². The van der Waals surface area contributed by atoms with Gasteiger partial charge in [-0.1, -0.05) is 0 Å². The molecule has 0 saturated carbocycles. The van der Waals surface area contributed by atoms with Gasteiger partial charge in [-0.15, -0.1) is 0 Å². The Labute approximate surface area is 63.8 Å². The molecule has 1 aliphatic rings. The van der Waals surface area contributed by atoms with E-state index in [-0.39, 0.29) is 13.1 Å². The van der Waals surface area contributed by atoms with Crippen LogP contribution in [0, 0.1) is 0 Å². The molecule has 3 N–H and O–H groups in total. The fourth-order valence-electron chi connectivity index (χ4n) is 1.20. The van der Waals surface area contributed by atoms with Crippen molar-refractivity contribution in [2.45, 2.75) is 12.0 Å². The summed E-state index contributed by atoms with van der Waals surface area (Å²) < 4.78 is 25.2. The molecule has 1 unspecified atom stereocenters. The highest BCUT2D eigenvalue weighted by Crippen LogP contribution is 2.26. The number of nitrogens with two attached hydrogens (primary N) is 1. The molecule has 0 aromatic heterocycles. The molecule has 0 amide bonds. The van der Waals surface area contributed by atoms with Crippen molar-refractivity contribution in [1.82, 2.24) is 4.90 Å².